The zero-order valence-corrected chi connectivity index (χ0v) is 12.4. The summed E-state index contributed by atoms with van der Waals surface area (Å²) < 4.78 is 0. The molecule has 1 heterocycles. The van der Waals surface area contributed by atoms with Crippen molar-refractivity contribution < 1.29 is 4.79 Å². The molecule has 2 rings (SSSR count). The van der Waals surface area contributed by atoms with Gasteiger partial charge in [0.1, 0.15) is 5.01 Å². The van der Waals surface area contributed by atoms with E-state index in [9.17, 15) is 4.79 Å². The predicted molar refractivity (Wildman–Crippen MR) is 81.9 cm³/mol. The molecule has 108 valence electrons. The van der Waals surface area contributed by atoms with Crippen LogP contribution in [0.4, 0.5) is 5.13 Å². The van der Waals surface area contributed by atoms with Crippen molar-refractivity contribution in [1.29, 1.82) is 5.26 Å². The fourth-order valence-electron chi connectivity index (χ4n) is 1.83. The Morgan fingerprint density at radius 1 is 1.24 bits per heavy atom. The van der Waals surface area contributed by atoms with Crippen molar-refractivity contribution >= 4 is 22.4 Å². The largest absolute Gasteiger partial charge is 0.300 e. The molecule has 0 fully saturated rings. The number of hydrogen-bond acceptors (Lipinski definition) is 5. The first-order valence-electron chi connectivity index (χ1n) is 6.81. The van der Waals surface area contributed by atoms with Crippen LogP contribution in [0.1, 0.15) is 29.8 Å². The molecule has 0 aliphatic heterocycles. The van der Waals surface area contributed by atoms with Crippen LogP contribution in [-0.4, -0.2) is 16.1 Å². The lowest BCUT2D eigenvalue weighted by Gasteiger charge is -2.00. The molecule has 1 N–H and O–H groups in total. The Balaban J connectivity index is 1.79. The molecule has 0 bridgehead atoms. The highest BCUT2D eigenvalue weighted by Crippen LogP contribution is 2.17. The molecule has 0 saturated heterocycles. The zero-order valence-electron chi connectivity index (χ0n) is 11.6. The molecular weight excluding hydrogens is 284 g/mol. The summed E-state index contributed by atoms with van der Waals surface area (Å²) in [4.78, 5) is 11.9. The molecule has 0 aliphatic carbocycles. The fourth-order valence-corrected chi connectivity index (χ4v) is 2.63. The van der Waals surface area contributed by atoms with Crippen LogP contribution in [0.5, 0.6) is 0 Å². The summed E-state index contributed by atoms with van der Waals surface area (Å²) >= 11 is 1.39. The van der Waals surface area contributed by atoms with Gasteiger partial charge in [0, 0.05) is 12.8 Å². The second kappa shape index (κ2) is 8.12. The standard InChI is InChI=1S/C15H16N4OS/c16-10-6-2-5-9-14-18-19-15(21-14)17-13(20)11-12-7-3-1-4-8-12/h1,3-4,7-8H,2,5-6,9,11H2,(H,17,19,20). The predicted octanol–water partition coefficient (Wildman–Crippen LogP) is 2.96. The Morgan fingerprint density at radius 2 is 2.05 bits per heavy atom. The maximum atomic E-state index is 11.9. The maximum absolute atomic E-state index is 11.9. The number of rotatable bonds is 7. The SMILES string of the molecule is N#CCCCCc1nnc(NC(=O)Cc2ccccc2)s1. The number of nitriles is 1. The fraction of sp³-hybridized carbons (Fsp3) is 0.333. The summed E-state index contributed by atoms with van der Waals surface area (Å²) in [6, 6.07) is 11.7. The first-order valence-corrected chi connectivity index (χ1v) is 7.62. The van der Waals surface area contributed by atoms with Gasteiger partial charge in [-0.15, -0.1) is 10.2 Å². The van der Waals surface area contributed by atoms with E-state index in [1.807, 2.05) is 30.3 Å². The number of unbranched alkanes of at least 4 members (excludes halogenated alkanes) is 2. The van der Waals surface area contributed by atoms with Crippen LogP contribution in [0.3, 0.4) is 0 Å². The van der Waals surface area contributed by atoms with E-state index in [2.05, 4.69) is 21.6 Å². The monoisotopic (exact) mass is 300 g/mol. The van der Waals surface area contributed by atoms with Crippen LogP contribution in [0.15, 0.2) is 30.3 Å². The topological polar surface area (TPSA) is 78.7 Å². The van der Waals surface area contributed by atoms with Gasteiger partial charge in [0.15, 0.2) is 0 Å². The van der Waals surface area contributed by atoms with Crippen LogP contribution in [0, 0.1) is 11.3 Å². The number of hydrogen-bond donors (Lipinski definition) is 1. The van der Waals surface area contributed by atoms with E-state index in [1.54, 1.807) is 0 Å². The smallest absolute Gasteiger partial charge is 0.230 e. The minimum atomic E-state index is -0.0895. The van der Waals surface area contributed by atoms with E-state index in [0.29, 0.717) is 18.0 Å². The van der Waals surface area contributed by atoms with Crippen LogP contribution < -0.4 is 5.32 Å². The highest BCUT2D eigenvalue weighted by Gasteiger charge is 2.08. The first kappa shape index (κ1) is 15.1. The number of carbonyl (C=O) groups excluding carboxylic acids is 1. The number of nitrogens with one attached hydrogen (secondary N) is 1. The average molecular weight is 300 g/mol. The normalized spacial score (nSPS) is 10.0. The van der Waals surface area contributed by atoms with Crippen LogP contribution in [0.2, 0.25) is 0 Å². The highest BCUT2D eigenvalue weighted by molar-refractivity contribution is 7.15. The Bertz CT molecular complexity index is 618. The van der Waals surface area contributed by atoms with Crippen molar-refractivity contribution in [2.75, 3.05) is 5.32 Å². The summed E-state index contributed by atoms with van der Waals surface area (Å²) in [5.41, 5.74) is 0.969. The van der Waals surface area contributed by atoms with Crippen molar-refractivity contribution in [2.45, 2.75) is 32.1 Å². The van der Waals surface area contributed by atoms with E-state index in [-0.39, 0.29) is 5.91 Å². The minimum absolute atomic E-state index is 0.0895. The molecule has 0 saturated carbocycles. The van der Waals surface area contributed by atoms with Gasteiger partial charge in [0.25, 0.3) is 0 Å². The Hall–Kier alpha value is -2.26. The molecule has 5 nitrogen and oxygen atoms in total. The number of aryl methyl sites for hydroxylation is 1. The van der Waals surface area contributed by atoms with E-state index in [0.717, 1.165) is 29.8 Å². The lowest BCUT2D eigenvalue weighted by atomic mass is 10.1. The lowest BCUT2D eigenvalue weighted by Crippen LogP contribution is -2.14. The van der Waals surface area contributed by atoms with Gasteiger partial charge < -0.3 is 5.32 Å². The Labute approximate surface area is 127 Å². The molecule has 0 aliphatic rings. The van der Waals surface area contributed by atoms with Crippen molar-refractivity contribution in [3.8, 4) is 6.07 Å². The molecule has 1 amide bonds. The molecular formula is C15H16N4OS. The second-order valence-electron chi connectivity index (χ2n) is 4.58. The van der Waals surface area contributed by atoms with Gasteiger partial charge in [-0.2, -0.15) is 5.26 Å². The number of amides is 1. The molecule has 1 aromatic heterocycles. The number of nitrogens with zero attached hydrogens (tertiary/aromatic N) is 3. The van der Waals surface area contributed by atoms with Crippen molar-refractivity contribution in [3.63, 3.8) is 0 Å². The van der Waals surface area contributed by atoms with Gasteiger partial charge in [0.05, 0.1) is 12.5 Å². The van der Waals surface area contributed by atoms with E-state index in [4.69, 9.17) is 5.26 Å². The van der Waals surface area contributed by atoms with Crippen LogP contribution in [0.25, 0.3) is 0 Å². The van der Waals surface area contributed by atoms with E-state index in [1.165, 1.54) is 11.3 Å². The van der Waals surface area contributed by atoms with Crippen molar-refractivity contribution in [1.82, 2.24) is 10.2 Å². The van der Waals surface area contributed by atoms with E-state index >= 15 is 0 Å². The summed E-state index contributed by atoms with van der Waals surface area (Å²) in [6.45, 7) is 0. The highest BCUT2D eigenvalue weighted by atomic mass is 32.1. The van der Waals surface area contributed by atoms with Crippen molar-refractivity contribution in [2.24, 2.45) is 0 Å². The van der Waals surface area contributed by atoms with Gasteiger partial charge >= 0.3 is 0 Å². The van der Waals surface area contributed by atoms with Gasteiger partial charge in [-0.25, -0.2) is 0 Å². The summed E-state index contributed by atoms with van der Waals surface area (Å²) in [5, 5.41) is 20.7. The third kappa shape index (κ3) is 5.32. The Morgan fingerprint density at radius 3 is 2.81 bits per heavy atom. The number of carbonyl (C=O) groups is 1. The molecule has 0 radical (unpaired) electrons. The molecule has 21 heavy (non-hydrogen) atoms. The van der Waals surface area contributed by atoms with Crippen LogP contribution in [-0.2, 0) is 17.6 Å². The lowest BCUT2D eigenvalue weighted by molar-refractivity contribution is -0.115. The first-order chi connectivity index (χ1) is 10.3. The third-order valence-corrected chi connectivity index (χ3v) is 3.75. The molecule has 0 spiro atoms. The van der Waals surface area contributed by atoms with Gasteiger partial charge in [-0.3, -0.25) is 4.79 Å². The minimum Gasteiger partial charge on any atom is -0.300 e. The van der Waals surface area contributed by atoms with E-state index < -0.39 is 0 Å². The molecule has 2 aromatic rings. The van der Waals surface area contributed by atoms with Crippen molar-refractivity contribution in [3.05, 3.63) is 40.9 Å². The molecule has 6 heteroatoms. The van der Waals surface area contributed by atoms with Crippen LogP contribution >= 0.6 is 11.3 Å². The van der Waals surface area contributed by atoms with Gasteiger partial charge in [-0.1, -0.05) is 41.7 Å². The molecule has 0 unspecified atom stereocenters. The summed E-state index contributed by atoms with van der Waals surface area (Å²) in [6.07, 6.45) is 3.48. The Kier molecular flexibility index (Phi) is 5.85. The summed E-state index contributed by atoms with van der Waals surface area (Å²) in [5.74, 6) is -0.0895. The van der Waals surface area contributed by atoms with Gasteiger partial charge in [0.2, 0.25) is 11.0 Å². The average Bonchev–Trinajstić information content (AvgIpc) is 2.92. The number of benzene rings is 1. The molecule has 0 atom stereocenters. The number of anilines is 1. The third-order valence-electron chi connectivity index (χ3n) is 2.85. The molecule has 1 aromatic carbocycles. The summed E-state index contributed by atoms with van der Waals surface area (Å²) in [7, 11) is 0. The van der Waals surface area contributed by atoms with Gasteiger partial charge in [-0.05, 0) is 18.4 Å². The quantitative estimate of drug-likeness (QED) is 0.797. The second-order valence-corrected chi connectivity index (χ2v) is 5.64. The maximum Gasteiger partial charge on any atom is 0.230 e. The number of aromatic nitrogens is 2. The zero-order chi connectivity index (χ0) is 14.9.